The van der Waals surface area contributed by atoms with Gasteiger partial charge in [-0.05, 0) is 56.8 Å². The number of carbonyl (C=O) groups is 2. The van der Waals surface area contributed by atoms with Gasteiger partial charge in [-0.3, -0.25) is 14.5 Å². The van der Waals surface area contributed by atoms with Gasteiger partial charge in [0.2, 0.25) is 11.8 Å². The molecule has 0 aromatic heterocycles. The van der Waals surface area contributed by atoms with E-state index >= 15 is 0 Å². The van der Waals surface area contributed by atoms with Crippen LogP contribution in [-0.4, -0.2) is 78.5 Å². The van der Waals surface area contributed by atoms with E-state index in [1.807, 2.05) is 4.90 Å². The minimum absolute atomic E-state index is 0.00301. The Balaban J connectivity index is 1.25. The van der Waals surface area contributed by atoms with Crippen LogP contribution in [0.4, 0.5) is 0 Å². The summed E-state index contributed by atoms with van der Waals surface area (Å²) in [6.07, 6.45) is 9.36. The Morgan fingerprint density at radius 2 is 1.79 bits per heavy atom. The highest BCUT2D eigenvalue weighted by Crippen LogP contribution is 2.36. The Kier molecular flexibility index (Phi) is 6.76. The second kappa shape index (κ2) is 9.31. The Morgan fingerprint density at radius 3 is 2.52 bits per heavy atom. The summed E-state index contributed by atoms with van der Waals surface area (Å²) in [7, 11) is 0. The number of amides is 2. The highest BCUT2D eigenvalue weighted by molar-refractivity contribution is 5.82. The van der Waals surface area contributed by atoms with Crippen molar-refractivity contribution in [2.45, 2.75) is 82.5 Å². The van der Waals surface area contributed by atoms with Gasteiger partial charge in [0.15, 0.2) is 0 Å². The molecule has 0 spiro atoms. The lowest BCUT2D eigenvalue weighted by Crippen LogP contribution is -2.56. The first kappa shape index (κ1) is 21.1. The van der Waals surface area contributed by atoms with E-state index in [0.717, 1.165) is 51.9 Å². The minimum atomic E-state index is -0.00301. The number of carbonyl (C=O) groups excluding carboxylic acids is 2. The maximum atomic E-state index is 13.0. The standard InChI is InChI=1S/C22H39N5O2/c1-15-4-2-5-16-12-19(25-21(15)16)22(29)24-17-6-3-7-18(13-17)26-8-10-27(11-9-26)20(28)14-23/h15-19,21,25H,2-14,23H2,1H3,(H,24,29). The van der Waals surface area contributed by atoms with Gasteiger partial charge < -0.3 is 21.3 Å². The van der Waals surface area contributed by atoms with Gasteiger partial charge in [0.05, 0.1) is 12.6 Å². The zero-order valence-corrected chi connectivity index (χ0v) is 17.9. The molecular formula is C22H39N5O2. The van der Waals surface area contributed by atoms with Crippen LogP contribution in [0.25, 0.3) is 0 Å². The minimum Gasteiger partial charge on any atom is -0.352 e. The van der Waals surface area contributed by atoms with E-state index < -0.39 is 0 Å². The summed E-state index contributed by atoms with van der Waals surface area (Å²) >= 11 is 0. The van der Waals surface area contributed by atoms with Gasteiger partial charge in [-0.2, -0.15) is 0 Å². The smallest absolute Gasteiger partial charge is 0.237 e. The molecule has 0 aromatic rings. The Hall–Kier alpha value is -1.18. The van der Waals surface area contributed by atoms with Gasteiger partial charge in [-0.1, -0.05) is 13.3 Å². The summed E-state index contributed by atoms with van der Waals surface area (Å²) in [5.41, 5.74) is 5.49. The molecule has 6 unspecified atom stereocenters. The van der Waals surface area contributed by atoms with Crippen LogP contribution < -0.4 is 16.4 Å². The first-order valence-corrected chi connectivity index (χ1v) is 11.8. The van der Waals surface area contributed by atoms with E-state index in [-0.39, 0.29) is 30.4 Å². The largest absolute Gasteiger partial charge is 0.352 e. The number of hydrogen-bond donors (Lipinski definition) is 3. The number of piperazine rings is 1. The molecule has 6 atom stereocenters. The van der Waals surface area contributed by atoms with Gasteiger partial charge in [-0.15, -0.1) is 0 Å². The lowest BCUT2D eigenvalue weighted by atomic mass is 9.78. The van der Waals surface area contributed by atoms with Crippen LogP contribution in [0.1, 0.15) is 58.3 Å². The van der Waals surface area contributed by atoms with Gasteiger partial charge in [0, 0.05) is 44.3 Å². The molecule has 4 rings (SSSR count). The number of nitrogens with two attached hydrogens (primary N) is 1. The molecule has 2 saturated heterocycles. The normalized spacial score (nSPS) is 38.5. The van der Waals surface area contributed by atoms with Crippen LogP contribution in [0.5, 0.6) is 0 Å². The Labute approximate surface area is 175 Å². The van der Waals surface area contributed by atoms with Gasteiger partial charge in [0.25, 0.3) is 0 Å². The van der Waals surface area contributed by atoms with Gasteiger partial charge >= 0.3 is 0 Å². The predicted octanol–water partition coefficient (Wildman–Crippen LogP) is 0.683. The van der Waals surface area contributed by atoms with Crippen LogP contribution >= 0.6 is 0 Å². The molecule has 7 heteroatoms. The zero-order valence-electron chi connectivity index (χ0n) is 17.9. The summed E-state index contributed by atoms with van der Waals surface area (Å²) in [6, 6.07) is 1.33. The third-order valence-electron chi connectivity index (χ3n) is 7.95. The van der Waals surface area contributed by atoms with E-state index in [1.165, 1.54) is 25.7 Å². The van der Waals surface area contributed by atoms with Crippen molar-refractivity contribution in [3.63, 3.8) is 0 Å². The molecule has 4 fully saturated rings. The number of hydrogen-bond acceptors (Lipinski definition) is 5. The molecule has 29 heavy (non-hydrogen) atoms. The molecule has 7 nitrogen and oxygen atoms in total. The molecule has 2 amide bonds. The quantitative estimate of drug-likeness (QED) is 0.640. The third-order valence-corrected chi connectivity index (χ3v) is 7.95. The van der Waals surface area contributed by atoms with Crippen molar-refractivity contribution in [1.29, 1.82) is 0 Å². The number of fused-ring (bicyclic) bond motifs is 1. The first-order chi connectivity index (χ1) is 14.0. The monoisotopic (exact) mass is 405 g/mol. The summed E-state index contributed by atoms with van der Waals surface area (Å²) in [5.74, 6) is 1.64. The van der Waals surface area contributed by atoms with Crippen molar-refractivity contribution in [3.05, 3.63) is 0 Å². The molecule has 0 radical (unpaired) electrons. The summed E-state index contributed by atoms with van der Waals surface area (Å²) in [4.78, 5) is 29.1. The fourth-order valence-electron chi connectivity index (χ4n) is 6.27. The average Bonchev–Trinajstić information content (AvgIpc) is 3.19. The third kappa shape index (κ3) is 4.78. The molecule has 2 aliphatic heterocycles. The molecule has 2 aliphatic carbocycles. The number of nitrogens with zero attached hydrogens (tertiary/aromatic N) is 2. The first-order valence-electron chi connectivity index (χ1n) is 11.8. The SMILES string of the molecule is CC1CCCC2CC(C(=O)NC3CCCC(N4CCN(C(=O)CN)CC4)C3)NC12. The average molecular weight is 406 g/mol. The summed E-state index contributed by atoms with van der Waals surface area (Å²) in [6.45, 7) is 5.82. The van der Waals surface area contributed by atoms with Crippen LogP contribution in [0.3, 0.4) is 0 Å². The lowest BCUT2D eigenvalue weighted by Gasteiger charge is -2.42. The zero-order chi connectivity index (χ0) is 20.4. The number of nitrogens with one attached hydrogen (secondary N) is 2. The van der Waals surface area contributed by atoms with Crippen LogP contribution in [0.2, 0.25) is 0 Å². The molecule has 2 saturated carbocycles. The Morgan fingerprint density at radius 1 is 1.03 bits per heavy atom. The Bertz CT molecular complexity index is 592. The summed E-state index contributed by atoms with van der Waals surface area (Å²) < 4.78 is 0. The van der Waals surface area contributed by atoms with Gasteiger partial charge in [0.1, 0.15) is 0 Å². The van der Waals surface area contributed by atoms with Crippen molar-refractivity contribution < 1.29 is 9.59 Å². The number of rotatable bonds is 4. The highest BCUT2D eigenvalue weighted by atomic mass is 16.2. The van der Waals surface area contributed by atoms with E-state index in [9.17, 15) is 9.59 Å². The fraction of sp³-hybridized carbons (Fsp3) is 0.909. The molecule has 0 aromatic carbocycles. The second-order valence-corrected chi connectivity index (χ2v) is 9.80. The summed E-state index contributed by atoms with van der Waals surface area (Å²) in [5, 5.41) is 7.04. The molecule has 4 aliphatic rings. The van der Waals surface area contributed by atoms with Crippen LogP contribution in [0, 0.1) is 11.8 Å². The predicted molar refractivity (Wildman–Crippen MR) is 113 cm³/mol. The van der Waals surface area contributed by atoms with Crippen molar-refractivity contribution >= 4 is 11.8 Å². The van der Waals surface area contributed by atoms with Crippen molar-refractivity contribution in [2.75, 3.05) is 32.7 Å². The topological polar surface area (TPSA) is 90.7 Å². The van der Waals surface area contributed by atoms with Crippen molar-refractivity contribution in [1.82, 2.24) is 20.4 Å². The lowest BCUT2D eigenvalue weighted by molar-refractivity contribution is -0.132. The maximum Gasteiger partial charge on any atom is 0.237 e. The van der Waals surface area contributed by atoms with Crippen LogP contribution in [0.15, 0.2) is 0 Å². The highest BCUT2D eigenvalue weighted by Gasteiger charge is 2.42. The molecular weight excluding hydrogens is 366 g/mol. The van der Waals surface area contributed by atoms with Crippen molar-refractivity contribution in [3.8, 4) is 0 Å². The van der Waals surface area contributed by atoms with E-state index in [2.05, 4.69) is 22.5 Å². The molecule has 4 N–H and O–H groups in total. The van der Waals surface area contributed by atoms with Crippen LogP contribution in [-0.2, 0) is 9.59 Å². The fourth-order valence-corrected chi connectivity index (χ4v) is 6.27. The van der Waals surface area contributed by atoms with E-state index in [4.69, 9.17) is 5.73 Å². The maximum absolute atomic E-state index is 13.0. The van der Waals surface area contributed by atoms with Crippen molar-refractivity contribution in [2.24, 2.45) is 17.6 Å². The van der Waals surface area contributed by atoms with E-state index in [1.54, 1.807) is 0 Å². The van der Waals surface area contributed by atoms with E-state index in [0.29, 0.717) is 23.9 Å². The molecule has 2 heterocycles. The second-order valence-electron chi connectivity index (χ2n) is 9.80. The van der Waals surface area contributed by atoms with Gasteiger partial charge in [-0.25, -0.2) is 0 Å². The molecule has 164 valence electrons. The molecule has 0 bridgehead atoms.